The topological polar surface area (TPSA) is 3.24 Å². The predicted octanol–water partition coefficient (Wildman–Crippen LogP) is 4.31. The second-order valence-corrected chi connectivity index (χ2v) is 5.07. The Labute approximate surface area is 114 Å². The molecule has 1 unspecified atom stereocenters. The highest BCUT2D eigenvalue weighted by Crippen LogP contribution is 2.27. The minimum atomic E-state index is -0.152. The Morgan fingerprint density at radius 1 is 1.26 bits per heavy atom. The summed E-state index contributed by atoms with van der Waals surface area (Å²) in [5.41, 5.74) is 4.16. The average Bonchev–Trinajstić information content (AvgIpc) is 2.37. The van der Waals surface area contributed by atoms with Crippen LogP contribution in [0.4, 0.5) is 4.39 Å². The number of hydrogen-bond acceptors (Lipinski definition) is 1. The summed E-state index contributed by atoms with van der Waals surface area (Å²) in [5, 5.41) is 0. The molecule has 100 valence electrons. The van der Waals surface area contributed by atoms with Gasteiger partial charge in [-0.15, -0.1) is 0 Å². The van der Waals surface area contributed by atoms with Gasteiger partial charge in [0, 0.05) is 13.2 Å². The maximum absolute atomic E-state index is 13.3. The number of halogens is 1. The SMILES string of the molecule is C/C=C\C1C(C)=CC(c2ccc(F)c(C)c2)=CN1C. The zero-order valence-corrected chi connectivity index (χ0v) is 11.9. The first-order chi connectivity index (χ1) is 9.02. The van der Waals surface area contributed by atoms with Crippen LogP contribution < -0.4 is 0 Å². The molecule has 1 aromatic carbocycles. The molecule has 0 N–H and O–H groups in total. The van der Waals surface area contributed by atoms with E-state index in [1.165, 1.54) is 11.6 Å². The molecule has 0 radical (unpaired) electrons. The minimum Gasteiger partial charge on any atom is -0.370 e. The Balaban J connectivity index is 2.37. The van der Waals surface area contributed by atoms with Crippen LogP contribution in [-0.2, 0) is 0 Å². The molecule has 0 bridgehead atoms. The predicted molar refractivity (Wildman–Crippen MR) is 79.2 cm³/mol. The summed E-state index contributed by atoms with van der Waals surface area (Å²) in [6.45, 7) is 5.96. The first kappa shape index (κ1) is 13.6. The van der Waals surface area contributed by atoms with Crippen molar-refractivity contribution in [1.82, 2.24) is 4.90 Å². The van der Waals surface area contributed by atoms with Crippen molar-refractivity contribution in [3.8, 4) is 0 Å². The molecular weight excluding hydrogens is 237 g/mol. The summed E-state index contributed by atoms with van der Waals surface area (Å²) in [6, 6.07) is 5.58. The summed E-state index contributed by atoms with van der Waals surface area (Å²) in [5.74, 6) is -0.152. The molecule has 1 aromatic rings. The van der Waals surface area contributed by atoms with E-state index in [0.717, 1.165) is 11.1 Å². The highest BCUT2D eigenvalue weighted by molar-refractivity contribution is 5.76. The van der Waals surface area contributed by atoms with E-state index in [2.05, 4.69) is 43.3 Å². The van der Waals surface area contributed by atoms with Crippen LogP contribution in [-0.4, -0.2) is 18.0 Å². The second kappa shape index (κ2) is 5.43. The number of benzene rings is 1. The summed E-state index contributed by atoms with van der Waals surface area (Å²) in [4.78, 5) is 2.18. The molecule has 2 rings (SSSR count). The summed E-state index contributed by atoms with van der Waals surface area (Å²) >= 11 is 0. The van der Waals surface area contributed by atoms with Crippen molar-refractivity contribution in [3.63, 3.8) is 0 Å². The molecule has 0 aromatic heterocycles. The van der Waals surface area contributed by atoms with E-state index < -0.39 is 0 Å². The lowest BCUT2D eigenvalue weighted by Crippen LogP contribution is -2.28. The van der Waals surface area contributed by atoms with Crippen LogP contribution in [0.2, 0.25) is 0 Å². The van der Waals surface area contributed by atoms with Crippen molar-refractivity contribution >= 4 is 5.57 Å². The molecule has 2 heteroatoms. The van der Waals surface area contributed by atoms with Crippen LogP contribution in [0.25, 0.3) is 5.57 Å². The molecule has 19 heavy (non-hydrogen) atoms. The number of allylic oxidation sites excluding steroid dienone is 3. The van der Waals surface area contributed by atoms with E-state index in [4.69, 9.17) is 0 Å². The third-order valence-electron chi connectivity index (χ3n) is 3.50. The second-order valence-electron chi connectivity index (χ2n) is 5.07. The number of rotatable bonds is 2. The lowest BCUT2D eigenvalue weighted by molar-refractivity contribution is 0.420. The molecule has 1 nitrogen and oxygen atoms in total. The average molecular weight is 257 g/mol. The third-order valence-corrected chi connectivity index (χ3v) is 3.50. The Morgan fingerprint density at radius 2 is 2.00 bits per heavy atom. The van der Waals surface area contributed by atoms with Gasteiger partial charge in [0.1, 0.15) is 5.82 Å². The molecule has 1 aliphatic rings. The van der Waals surface area contributed by atoms with Crippen LogP contribution >= 0.6 is 0 Å². The molecule has 0 fully saturated rings. The summed E-state index contributed by atoms with van der Waals surface area (Å²) in [7, 11) is 2.07. The van der Waals surface area contributed by atoms with Gasteiger partial charge in [0.05, 0.1) is 6.04 Å². The number of nitrogens with zero attached hydrogens (tertiary/aromatic N) is 1. The van der Waals surface area contributed by atoms with Gasteiger partial charge >= 0.3 is 0 Å². The molecule has 0 amide bonds. The smallest absolute Gasteiger partial charge is 0.126 e. The van der Waals surface area contributed by atoms with E-state index in [-0.39, 0.29) is 5.82 Å². The molecule has 0 saturated heterocycles. The van der Waals surface area contributed by atoms with Crippen molar-refractivity contribution in [2.45, 2.75) is 26.8 Å². The maximum Gasteiger partial charge on any atom is 0.126 e. The van der Waals surface area contributed by atoms with E-state index >= 15 is 0 Å². The highest BCUT2D eigenvalue weighted by Gasteiger charge is 2.17. The standard InChI is InChI=1S/C17H20FN/c1-5-6-17-13(3)10-15(11-19(17)4)14-7-8-16(18)12(2)9-14/h5-11,17H,1-4H3/b6-5-. The van der Waals surface area contributed by atoms with Gasteiger partial charge in [-0.3, -0.25) is 0 Å². The first-order valence-corrected chi connectivity index (χ1v) is 6.54. The van der Waals surface area contributed by atoms with Crippen LogP contribution in [0.5, 0.6) is 0 Å². The van der Waals surface area contributed by atoms with Crippen LogP contribution in [0.15, 0.2) is 48.2 Å². The monoisotopic (exact) mass is 257 g/mol. The quantitative estimate of drug-likeness (QED) is 0.713. The number of likely N-dealkylation sites (N-methyl/N-ethyl adjacent to an activating group) is 1. The van der Waals surface area contributed by atoms with Crippen LogP contribution in [0, 0.1) is 12.7 Å². The van der Waals surface area contributed by atoms with Crippen molar-refractivity contribution in [2.75, 3.05) is 7.05 Å². The lowest BCUT2D eigenvalue weighted by atomic mass is 9.95. The Bertz CT molecular complexity index is 567. The molecule has 1 aliphatic heterocycles. The van der Waals surface area contributed by atoms with Crippen molar-refractivity contribution < 1.29 is 4.39 Å². The van der Waals surface area contributed by atoms with Crippen molar-refractivity contribution in [2.24, 2.45) is 0 Å². The fraction of sp³-hybridized carbons (Fsp3) is 0.294. The largest absolute Gasteiger partial charge is 0.370 e. The molecular formula is C17H20FN. The summed E-state index contributed by atoms with van der Waals surface area (Å²) < 4.78 is 13.3. The van der Waals surface area contributed by atoms with E-state index in [1.807, 2.05) is 19.1 Å². The molecule has 1 atom stereocenters. The van der Waals surface area contributed by atoms with Gasteiger partial charge in [-0.1, -0.05) is 24.3 Å². The van der Waals surface area contributed by atoms with E-state index in [1.54, 1.807) is 6.92 Å². The Morgan fingerprint density at radius 3 is 2.58 bits per heavy atom. The highest BCUT2D eigenvalue weighted by atomic mass is 19.1. The molecule has 0 spiro atoms. The molecule has 0 aliphatic carbocycles. The minimum absolute atomic E-state index is 0.152. The number of aryl methyl sites for hydroxylation is 1. The van der Waals surface area contributed by atoms with E-state index in [0.29, 0.717) is 11.6 Å². The van der Waals surface area contributed by atoms with Gasteiger partial charge in [-0.05, 0) is 55.2 Å². The zero-order valence-electron chi connectivity index (χ0n) is 11.9. The molecule has 1 heterocycles. The zero-order chi connectivity index (χ0) is 14.0. The first-order valence-electron chi connectivity index (χ1n) is 6.54. The fourth-order valence-electron chi connectivity index (χ4n) is 2.44. The maximum atomic E-state index is 13.3. The van der Waals surface area contributed by atoms with Gasteiger partial charge in [-0.25, -0.2) is 4.39 Å². The van der Waals surface area contributed by atoms with Crippen LogP contribution in [0.3, 0.4) is 0 Å². The van der Waals surface area contributed by atoms with Gasteiger partial charge < -0.3 is 4.90 Å². The third kappa shape index (κ3) is 2.78. The van der Waals surface area contributed by atoms with Gasteiger partial charge in [0.25, 0.3) is 0 Å². The van der Waals surface area contributed by atoms with Crippen LogP contribution in [0.1, 0.15) is 25.0 Å². The van der Waals surface area contributed by atoms with Gasteiger partial charge in [0.15, 0.2) is 0 Å². The Hall–Kier alpha value is -1.83. The van der Waals surface area contributed by atoms with Gasteiger partial charge in [-0.2, -0.15) is 0 Å². The molecule has 0 saturated carbocycles. The van der Waals surface area contributed by atoms with Crippen molar-refractivity contribution in [1.29, 1.82) is 0 Å². The fourth-order valence-corrected chi connectivity index (χ4v) is 2.44. The van der Waals surface area contributed by atoms with E-state index in [9.17, 15) is 4.39 Å². The van der Waals surface area contributed by atoms with Crippen molar-refractivity contribution in [3.05, 3.63) is 65.1 Å². The lowest BCUT2D eigenvalue weighted by Gasteiger charge is -2.30. The number of hydrogen-bond donors (Lipinski definition) is 0. The normalized spacial score (nSPS) is 19.6. The Kier molecular flexibility index (Phi) is 3.89. The van der Waals surface area contributed by atoms with Gasteiger partial charge in [0.2, 0.25) is 0 Å². The summed E-state index contributed by atoms with van der Waals surface area (Å²) in [6.07, 6.45) is 8.54.